The van der Waals surface area contributed by atoms with Crippen molar-refractivity contribution in [1.29, 1.82) is 0 Å². The minimum atomic E-state index is 0.372. The summed E-state index contributed by atoms with van der Waals surface area (Å²) >= 11 is 3.42. The number of nitrogens with zero attached hydrogens (tertiary/aromatic N) is 3. The number of halogens is 1. The second-order valence-corrected chi connectivity index (χ2v) is 5.00. The van der Waals surface area contributed by atoms with E-state index in [1.807, 2.05) is 7.05 Å². The highest BCUT2D eigenvalue weighted by Crippen LogP contribution is 2.26. The van der Waals surface area contributed by atoms with E-state index in [-0.39, 0.29) is 0 Å². The van der Waals surface area contributed by atoms with Gasteiger partial charge >= 0.3 is 0 Å². The van der Waals surface area contributed by atoms with E-state index in [1.165, 1.54) is 5.56 Å². The summed E-state index contributed by atoms with van der Waals surface area (Å²) in [7, 11) is 1.89. The lowest BCUT2D eigenvalue weighted by Gasteiger charge is -2.13. The predicted octanol–water partition coefficient (Wildman–Crippen LogP) is 2.92. The fourth-order valence-electron chi connectivity index (χ4n) is 1.99. The van der Waals surface area contributed by atoms with Gasteiger partial charge in [0.15, 0.2) is 4.60 Å². The maximum absolute atomic E-state index is 4.00. The van der Waals surface area contributed by atoms with Crippen LogP contribution in [0.3, 0.4) is 0 Å². The highest BCUT2D eigenvalue weighted by molar-refractivity contribution is 9.10. The number of nitrogens with one attached hydrogen (secondary N) is 1. The first-order valence-electron chi connectivity index (χ1n) is 6.02. The molecule has 1 unspecified atom stereocenters. The van der Waals surface area contributed by atoms with Crippen LogP contribution in [-0.2, 0) is 7.05 Å². The molecule has 2 rings (SSSR count). The number of rotatable bonds is 4. The van der Waals surface area contributed by atoms with Gasteiger partial charge in [-0.2, -0.15) is 0 Å². The van der Waals surface area contributed by atoms with E-state index in [4.69, 9.17) is 0 Å². The Morgan fingerprint density at radius 2 is 2.00 bits per heavy atom. The largest absolute Gasteiger partial charge is 0.310 e. The number of benzene rings is 1. The molecular formula is C13H17BrN4. The molecule has 0 amide bonds. The van der Waals surface area contributed by atoms with Crippen molar-refractivity contribution in [2.75, 3.05) is 6.54 Å². The SMILES string of the molecule is CCNC(C)c1ccc(-c2c(Br)nnn2C)cc1. The van der Waals surface area contributed by atoms with Crippen LogP contribution in [0, 0.1) is 0 Å². The fraction of sp³-hybridized carbons (Fsp3) is 0.385. The highest BCUT2D eigenvalue weighted by Gasteiger charge is 2.11. The molecule has 0 radical (unpaired) electrons. The topological polar surface area (TPSA) is 42.7 Å². The standard InChI is InChI=1S/C13H17BrN4/c1-4-15-9(2)10-5-7-11(8-6-10)12-13(14)16-17-18(12)3/h5-9,15H,4H2,1-3H3. The number of hydrogen-bond acceptors (Lipinski definition) is 3. The summed E-state index contributed by atoms with van der Waals surface area (Å²) in [5.41, 5.74) is 3.39. The molecule has 0 bridgehead atoms. The smallest absolute Gasteiger partial charge is 0.156 e. The maximum Gasteiger partial charge on any atom is 0.156 e. The van der Waals surface area contributed by atoms with Crippen LogP contribution in [-0.4, -0.2) is 21.5 Å². The number of aryl methyl sites for hydroxylation is 1. The lowest BCUT2D eigenvalue weighted by atomic mass is 10.0. The molecule has 96 valence electrons. The molecule has 1 atom stereocenters. The van der Waals surface area contributed by atoms with Crippen molar-refractivity contribution < 1.29 is 0 Å². The molecule has 4 nitrogen and oxygen atoms in total. The van der Waals surface area contributed by atoms with Crippen molar-refractivity contribution in [3.63, 3.8) is 0 Å². The van der Waals surface area contributed by atoms with E-state index < -0.39 is 0 Å². The Bertz CT molecular complexity index is 499. The zero-order valence-electron chi connectivity index (χ0n) is 10.8. The van der Waals surface area contributed by atoms with E-state index in [0.29, 0.717) is 6.04 Å². The normalized spacial score (nSPS) is 12.7. The molecule has 1 heterocycles. The third-order valence-electron chi connectivity index (χ3n) is 2.98. The Balaban J connectivity index is 2.28. The molecule has 0 spiro atoms. The Kier molecular flexibility index (Phi) is 4.14. The summed E-state index contributed by atoms with van der Waals surface area (Å²) in [5, 5.41) is 11.4. The predicted molar refractivity (Wildman–Crippen MR) is 76.2 cm³/mol. The zero-order valence-corrected chi connectivity index (χ0v) is 12.4. The van der Waals surface area contributed by atoms with Crippen LogP contribution < -0.4 is 5.32 Å². The van der Waals surface area contributed by atoms with E-state index in [2.05, 4.69) is 69.7 Å². The van der Waals surface area contributed by atoms with Crippen LogP contribution in [0.1, 0.15) is 25.5 Å². The van der Waals surface area contributed by atoms with Crippen LogP contribution in [0.15, 0.2) is 28.9 Å². The van der Waals surface area contributed by atoms with Crippen LogP contribution in [0.5, 0.6) is 0 Å². The monoisotopic (exact) mass is 308 g/mol. The Labute approximate surface area is 116 Å². The molecule has 0 aliphatic heterocycles. The third-order valence-corrected chi connectivity index (χ3v) is 3.51. The minimum absolute atomic E-state index is 0.372. The zero-order chi connectivity index (χ0) is 13.1. The van der Waals surface area contributed by atoms with Gasteiger partial charge in [-0.05, 0) is 35.0 Å². The first-order chi connectivity index (χ1) is 8.63. The fourth-order valence-corrected chi connectivity index (χ4v) is 2.55. The summed E-state index contributed by atoms with van der Waals surface area (Å²) in [5.74, 6) is 0. The van der Waals surface area contributed by atoms with Crippen molar-refractivity contribution in [1.82, 2.24) is 20.3 Å². The Morgan fingerprint density at radius 3 is 2.50 bits per heavy atom. The van der Waals surface area contributed by atoms with Gasteiger partial charge in [-0.3, -0.25) is 0 Å². The number of aromatic nitrogens is 3. The molecule has 1 aromatic carbocycles. The quantitative estimate of drug-likeness (QED) is 0.944. The average molecular weight is 309 g/mol. The molecule has 0 aliphatic carbocycles. The van der Waals surface area contributed by atoms with Gasteiger partial charge in [0.1, 0.15) is 5.69 Å². The van der Waals surface area contributed by atoms with E-state index in [9.17, 15) is 0 Å². The van der Waals surface area contributed by atoms with Crippen molar-refractivity contribution in [2.24, 2.45) is 7.05 Å². The number of hydrogen-bond donors (Lipinski definition) is 1. The second-order valence-electron chi connectivity index (χ2n) is 4.25. The molecule has 1 N–H and O–H groups in total. The van der Waals surface area contributed by atoms with Crippen LogP contribution >= 0.6 is 15.9 Å². The van der Waals surface area contributed by atoms with E-state index in [0.717, 1.165) is 22.4 Å². The van der Waals surface area contributed by atoms with Crippen LogP contribution in [0.2, 0.25) is 0 Å². The van der Waals surface area contributed by atoms with Crippen molar-refractivity contribution in [3.05, 3.63) is 34.4 Å². The highest BCUT2D eigenvalue weighted by atomic mass is 79.9. The summed E-state index contributed by atoms with van der Waals surface area (Å²) in [6, 6.07) is 8.86. The molecule has 0 fully saturated rings. The maximum atomic E-state index is 4.00. The molecule has 0 saturated carbocycles. The van der Waals surface area contributed by atoms with Gasteiger partial charge in [-0.15, -0.1) is 5.10 Å². The first-order valence-corrected chi connectivity index (χ1v) is 6.81. The van der Waals surface area contributed by atoms with E-state index in [1.54, 1.807) is 4.68 Å². The van der Waals surface area contributed by atoms with Crippen LogP contribution in [0.4, 0.5) is 0 Å². The van der Waals surface area contributed by atoms with Gasteiger partial charge in [0, 0.05) is 18.7 Å². The first kappa shape index (κ1) is 13.2. The van der Waals surface area contributed by atoms with Gasteiger partial charge in [0.2, 0.25) is 0 Å². The lowest BCUT2D eigenvalue weighted by Crippen LogP contribution is -2.17. The lowest BCUT2D eigenvalue weighted by molar-refractivity contribution is 0.598. The molecule has 0 aliphatic rings. The second kappa shape index (κ2) is 5.63. The van der Waals surface area contributed by atoms with Crippen molar-refractivity contribution >= 4 is 15.9 Å². The molecule has 5 heteroatoms. The van der Waals surface area contributed by atoms with Gasteiger partial charge < -0.3 is 5.32 Å². The van der Waals surface area contributed by atoms with Gasteiger partial charge in [0.05, 0.1) is 0 Å². The summed E-state index contributed by atoms with van der Waals surface area (Å²) in [6.45, 7) is 5.25. The Morgan fingerprint density at radius 1 is 1.33 bits per heavy atom. The summed E-state index contributed by atoms with van der Waals surface area (Å²) in [6.07, 6.45) is 0. The molecule has 0 saturated heterocycles. The minimum Gasteiger partial charge on any atom is -0.310 e. The molecule has 1 aromatic heterocycles. The van der Waals surface area contributed by atoms with Crippen molar-refractivity contribution in [3.8, 4) is 11.3 Å². The molecule has 18 heavy (non-hydrogen) atoms. The van der Waals surface area contributed by atoms with Gasteiger partial charge in [-0.25, -0.2) is 4.68 Å². The molecule has 2 aromatic rings. The van der Waals surface area contributed by atoms with Crippen molar-refractivity contribution in [2.45, 2.75) is 19.9 Å². The summed E-state index contributed by atoms with van der Waals surface area (Å²) < 4.78 is 2.55. The van der Waals surface area contributed by atoms with Crippen LogP contribution in [0.25, 0.3) is 11.3 Å². The third kappa shape index (κ3) is 2.62. The van der Waals surface area contributed by atoms with Gasteiger partial charge in [-0.1, -0.05) is 36.4 Å². The average Bonchev–Trinajstić information content (AvgIpc) is 2.70. The molecular weight excluding hydrogens is 292 g/mol. The van der Waals surface area contributed by atoms with Gasteiger partial charge in [0.25, 0.3) is 0 Å². The van der Waals surface area contributed by atoms with E-state index >= 15 is 0 Å². The summed E-state index contributed by atoms with van der Waals surface area (Å²) in [4.78, 5) is 0. The Hall–Kier alpha value is -1.20.